The molecule has 1 atom stereocenters. The van der Waals surface area contributed by atoms with Crippen molar-refractivity contribution in [1.82, 2.24) is 5.32 Å². The zero-order valence-corrected chi connectivity index (χ0v) is 16.8. The van der Waals surface area contributed by atoms with Crippen molar-refractivity contribution >= 4 is 27.4 Å². The number of carbonyl (C=O) groups is 1. The predicted octanol–water partition coefficient (Wildman–Crippen LogP) is 4.48. The summed E-state index contributed by atoms with van der Waals surface area (Å²) in [5, 5.41) is 26.0. The number of allylic oxidation sites excluding steroid dienone is 3. The molecule has 1 aromatic heterocycles. The van der Waals surface area contributed by atoms with Crippen molar-refractivity contribution in [3.63, 3.8) is 0 Å². The molecule has 29 heavy (non-hydrogen) atoms. The van der Waals surface area contributed by atoms with Crippen molar-refractivity contribution in [1.29, 1.82) is 10.5 Å². The smallest absolute Gasteiger partial charge is 0.336 e. The SMILES string of the molecule is COC(=O)C1=C(C2CC2)NC(C2CC2)=C(C#N)C1c1csc2c(C#N)cccc12. The van der Waals surface area contributed by atoms with E-state index < -0.39 is 5.92 Å². The summed E-state index contributed by atoms with van der Waals surface area (Å²) in [7, 11) is 1.39. The monoisotopic (exact) mass is 401 g/mol. The highest BCUT2D eigenvalue weighted by molar-refractivity contribution is 7.17. The number of nitrogens with one attached hydrogen (secondary N) is 1. The molecule has 0 saturated heterocycles. The van der Waals surface area contributed by atoms with Crippen LogP contribution < -0.4 is 5.32 Å². The Kier molecular flexibility index (Phi) is 4.19. The maximum atomic E-state index is 12.9. The minimum absolute atomic E-state index is 0.320. The van der Waals surface area contributed by atoms with Gasteiger partial charge >= 0.3 is 5.97 Å². The Morgan fingerprint density at radius 1 is 1.14 bits per heavy atom. The second kappa shape index (κ2) is 6.76. The highest BCUT2D eigenvalue weighted by Crippen LogP contribution is 2.51. The van der Waals surface area contributed by atoms with E-state index in [0.29, 0.717) is 28.5 Å². The Morgan fingerprint density at radius 2 is 1.86 bits per heavy atom. The first kappa shape index (κ1) is 18.0. The Hall–Kier alpha value is -3.09. The Balaban J connectivity index is 1.78. The van der Waals surface area contributed by atoms with Crippen LogP contribution in [0.15, 0.2) is 46.1 Å². The third-order valence-electron chi connectivity index (χ3n) is 5.99. The minimum atomic E-state index is -0.456. The van der Waals surface area contributed by atoms with Gasteiger partial charge in [-0.25, -0.2) is 4.79 Å². The van der Waals surface area contributed by atoms with Crippen LogP contribution in [0.5, 0.6) is 0 Å². The van der Waals surface area contributed by atoms with Crippen LogP contribution in [0.1, 0.15) is 42.7 Å². The normalized spacial score (nSPS) is 21.6. The molecule has 0 radical (unpaired) electrons. The zero-order chi connectivity index (χ0) is 20.1. The fourth-order valence-corrected chi connectivity index (χ4v) is 5.35. The number of carbonyl (C=O) groups excluding carboxylic acids is 1. The average molecular weight is 401 g/mol. The number of nitrogens with zero attached hydrogens (tertiary/aromatic N) is 2. The first-order valence-electron chi connectivity index (χ1n) is 9.81. The maximum absolute atomic E-state index is 12.9. The standard InChI is InChI=1S/C23H19N3O2S/c1-28-23(27)19-18(17-11-29-22-14(9-24)3-2-4-15(17)22)16(10-25)20(12-5-6-12)26-21(19)13-7-8-13/h2-4,11-13,18,26H,5-8H2,1H3. The topological polar surface area (TPSA) is 85.9 Å². The second-order valence-corrected chi connectivity index (χ2v) is 8.73. The van der Waals surface area contributed by atoms with Gasteiger partial charge in [-0.05, 0) is 54.0 Å². The van der Waals surface area contributed by atoms with Crippen LogP contribution in [-0.4, -0.2) is 13.1 Å². The second-order valence-electron chi connectivity index (χ2n) is 7.85. The van der Waals surface area contributed by atoms with Gasteiger partial charge in [0.05, 0.1) is 40.5 Å². The van der Waals surface area contributed by atoms with Crippen molar-refractivity contribution in [3.8, 4) is 12.1 Å². The molecule has 2 aliphatic carbocycles. The van der Waals surface area contributed by atoms with Crippen LogP contribution in [0.2, 0.25) is 0 Å². The molecule has 2 aromatic rings. The molecule has 5 nitrogen and oxygen atoms in total. The van der Waals surface area contributed by atoms with Gasteiger partial charge < -0.3 is 10.1 Å². The molecule has 6 heteroatoms. The van der Waals surface area contributed by atoms with Gasteiger partial charge in [0.25, 0.3) is 0 Å². The lowest BCUT2D eigenvalue weighted by atomic mass is 9.79. The molecule has 2 heterocycles. The van der Waals surface area contributed by atoms with E-state index in [4.69, 9.17) is 4.74 Å². The lowest BCUT2D eigenvalue weighted by molar-refractivity contribution is -0.136. The van der Waals surface area contributed by atoms with E-state index in [-0.39, 0.29) is 5.97 Å². The van der Waals surface area contributed by atoms with Gasteiger partial charge in [-0.2, -0.15) is 10.5 Å². The number of fused-ring (bicyclic) bond motifs is 1. The van der Waals surface area contributed by atoms with Gasteiger partial charge in [-0.3, -0.25) is 0 Å². The predicted molar refractivity (Wildman–Crippen MR) is 110 cm³/mol. The largest absolute Gasteiger partial charge is 0.466 e. The van der Waals surface area contributed by atoms with Crippen LogP contribution in [0.3, 0.4) is 0 Å². The van der Waals surface area contributed by atoms with E-state index >= 15 is 0 Å². The molecule has 144 valence electrons. The van der Waals surface area contributed by atoms with E-state index in [2.05, 4.69) is 17.5 Å². The van der Waals surface area contributed by atoms with Crippen molar-refractivity contribution in [3.05, 3.63) is 57.2 Å². The number of hydrogen-bond donors (Lipinski definition) is 1. The molecule has 1 N–H and O–H groups in total. The highest BCUT2D eigenvalue weighted by Gasteiger charge is 2.44. The Labute approximate surface area is 172 Å². The summed E-state index contributed by atoms with van der Waals surface area (Å²) in [5.74, 6) is -0.162. The third-order valence-corrected chi connectivity index (χ3v) is 7.03. The first-order chi connectivity index (χ1) is 14.2. The summed E-state index contributed by atoms with van der Waals surface area (Å²) < 4.78 is 6.06. The molecule has 1 aliphatic heterocycles. The summed E-state index contributed by atoms with van der Waals surface area (Å²) in [6.07, 6.45) is 4.21. The average Bonchev–Trinajstić information content (AvgIpc) is 3.68. The minimum Gasteiger partial charge on any atom is -0.466 e. The number of methoxy groups -OCH3 is 1. The molecule has 2 fully saturated rings. The maximum Gasteiger partial charge on any atom is 0.336 e. The number of dihydropyridines is 1. The van der Waals surface area contributed by atoms with Crippen LogP contribution in [0.25, 0.3) is 10.1 Å². The molecule has 1 unspecified atom stereocenters. The molecular formula is C23H19N3O2S. The molecule has 5 rings (SSSR count). The van der Waals surface area contributed by atoms with Crippen molar-refractivity contribution in [2.75, 3.05) is 7.11 Å². The van der Waals surface area contributed by atoms with E-state index in [1.54, 1.807) is 6.07 Å². The Bertz CT molecular complexity index is 1180. The van der Waals surface area contributed by atoms with Crippen molar-refractivity contribution in [2.45, 2.75) is 31.6 Å². The number of esters is 1. The fraction of sp³-hybridized carbons (Fsp3) is 0.348. The van der Waals surface area contributed by atoms with Crippen LogP contribution in [0, 0.1) is 34.5 Å². The number of ether oxygens (including phenoxy) is 1. The van der Waals surface area contributed by atoms with Gasteiger partial charge in [0.2, 0.25) is 0 Å². The third kappa shape index (κ3) is 2.84. The van der Waals surface area contributed by atoms with Gasteiger partial charge in [0, 0.05) is 17.3 Å². The lowest BCUT2D eigenvalue weighted by Gasteiger charge is -2.31. The molecular weight excluding hydrogens is 382 g/mol. The zero-order valence-electron chi connectivity index (χ0n) is 16.0. The Morgan fingerprint density at radius 3 is 2.48 bits per heavy atom. The van der Waals surface area contributed by atoms with E-state index in [0.717, 1.165) is 52.7 Å². The summed E-state index contributed by atoms with van der Waals surface area (Å²) in [5.41, 5.74) is 4.60. The highest BCUT2D eigenvalue weighted by atomic mass is 32.1. The van der Waals surface area contributed by atoms with E-state index in [9.17, 15) is 15.3 Å². The van der Waals surface area contributed by atoms with Crippen LogP contribution in [-0.2, 0) is 9.53 Å². The lowest BCUT2D eigenvalue weighted by Crippen LogP contribution is -2.32. The van der Waals surface area contributed by atoms with Crippen molar-refractivity contribution < 1.29 is 9.53 Å². The van der Waals surface area contributed by atoms with E-state index in [1.165, 1.54) is 18.4 Å². The molecule has 0 spiro atoms. The van der Waals surface area contributed by atoms with Crippen molar-refractivity contribution in [2.24, 2.45) is 11.8 Å². The molecule has 0 amide bonds. The van der Waals surface area contributed by atoms with Crippen LogP contribution >= 0.6 is 11.3 Å². The summed E-state index contributed by atoms with van der Waals surface area (Å²) >= 11 is 1.49. The number of nitriles is 2. The van der Waals surface area contributed by atoms with Gasteiger partial charge in [-0.15, -0.1) is 11.3 Å². The first-order valence-corrected chi connectivity index (χ1v) is 10.7. The summed E-state index contributed by atoms with van der Waals surface area (Å²) in [6.45, 7) is 0. The molecule has 1 aromatic carbocycles. The van der Waals surface area contributed by atoms with Gasteiger partial charge in [0.15, 0.2) is 0 Å². The summed E-state index contributed by atoms with van der Waals surface area (Å²) in [4.78, 5) is 12.9. The van der Waals surface area contributed by atoms with Crippen LogP contribution in [0.4, 0.5) is 0 Å². The quantitative estimate of drug-likeness (QED) is 0.763. The molecule has 2 saturated carbocycles. The van der Waals surface area contributed by atoms with Gasteiger partial charge in [0.1, 0.15) is 6.07 Å². The van der Waals surface area contributed by atoms with Gasteiger partial charge in [-0.1, -0.05) is 12.1 Å². The number of hydrogen-bond acceptors (Lipinski definition) is 6. The number of thiophene rings is 1. The molecule has 0 bridgehead atoms. The fourth-order valence-electron chi connectivity index (χ4n) is 4.29. The molecule has 3 aliphatic rings. The van der Waals surface area contributed by atoms with E-state index in [1.807, 2.05) is 17.5 Å². The number of rotatable bonds is 4. The number of benzene rings is 1. The summed E-state index contributed by atoms with van der Waals surface area (Å²) in [6, 6.07) is 10.3.